The number of hydrogen-bond acceptors (Lipinski definition) is 4. The SMILES string of the molecule is CCOC(=O)N1CCc2c(Br)cc(C(=O)CCl)c(N)c2C1. The van der Waals surface area contributed by atoms with Crippen LogP contribution in [-0.4, -0.2) is 35.8 Å². The third-order valence-corrected chi connectivity index (χ3v) is 4.42. The average Bonchev–Trinajstić information content (AvgIpc) is 2.49. The van der Waals surface area contributed by atoms with Crippen LogP contribution in [0.25, 0.3) is 0 Å². The maximum absolute atomic E-state index is 11.9. The van der Waals surface area contributed by atoms with Crippen LogP contribution in [-0.2, 0) is 17.7 Å². The lowest BCUT2D eigenvalue weighted by Crippen LogP contribution is -2.37. The van der Waals surface area contributed by atoms with Crippen LogP contribution in [0.15, 0.2) is 10.5 Å². The number of fused-ring (bicyclic) bond motifs is 1. The molecule has 114 valence electrons. The van der Waals surface area contributed by atoms with Crippen LogP contribution in [0.4, 0.5) is 10.5 Å². The van der Waals surface area contributed by atoms with Gasteiger partial charge in [0, 0.05) is 22.3 Å². The molecule has 21 heavy (non-hydrogen) atoms. The summed E-state index contributed by atoms with van der Waals surface area (Å²) in [6.45, 7) is 2.98. The molecule has 0 saturated carbocycles. The van der Waals surface area contributed by atoms with E-state index in [1.807, 2.05) is 0 Å². The van der Waals surface area contributed by atoms with Crippen molar-refractivity contribution in [1.82, 2.24) is 4.90 Å². The average molecular weight is 376 g/mol. The summed E-state index contributed by atoms with van der Waals surface area (Å²) in [5.41, 5.74) is 8.71. The Kier molecular flexibility index (Phi) is 5.11. The van der Waals surface area contributed by atoms with Crippen molar-refractivity contribution in [2.45, 2.75) is 19.9 Å². The molecule has 0 atom stereocenters. The molecular weight excluding hydrogens is 360 g/mol. The normalized spacial score (nSPS) is 13.8. The standard InChI is InChI=1S/C14H16BrClN2O3/c1-2-21-14(20)18-4-3-8-10(7-18)13(17)9(5-11(8)15)12(19)6-16/h5H,2-4,6-7,17H2,1H3. The van der Waals surface area contributed by atoms with Crippen molar-refractivity contribution in [3.05, 3.63) is 27.2 Å². The lowest BCUT2D eigenvalue weighted by atomic mass is 9.94. The van der Waals surface area contributed by atoms with Gasteiger partial charge in [-0.2, -0.15) is 0 Å². The number of alkyl halides is 1. The van der Waals surface area contributed by atoms with Crippen LogP contribution in [0.3, 0.4) is 0 Å². The molecular formula is C14H16BrClN2O3. The fraction of sp³-hybridized carbons (Fsp3) is 0.429. The predicted octanol–water partition coefficient (Wildman–Crippen LogP) is 2.97. The van der Waals surface area contributed by atoms with Gasteiger partial charge in [0.05, 0.1) is 19.0 Å². The van der Waals surface area contributed by atoms with Gasteiger partial charge in [-0.25, -0.2) is 4.79 Å². The molecule has 0 aromatic heterocycles. The number of carbonyl (C=O) groups is 2. The number of anilines is 1. The number of carbonyl (C=O) groups excluding carboxylic acids is 2. The Morgan fingerprint density at radius 2 is 2.19 bits per heavy atom. The van der Waals surface area contributed by atoms with E-state index in [-0.39, 0.29) is 17.8 Å². The van der Waals surface area contributed by atoms with Crippen molar-refractivity contribution < 1.29 is 14.3 Å². The Hall–Kier alpha value is -1.27. The van der Waals surface area contributed by atoms with Gasteiger partial charge in [-0.1, -0.05) is 15.9 Å². The highest BCUT2D eigenvalue weighted by Crippen LogP contribution is 2.34. The highest BCUT2D eigenvalue weighted by molar-refractivity contribution is 9.10. The Morgan fingerprint density at radius 3 is 2.81 bits per heavy atom. The van der Waals surface area contributed by atoms with E-state index in [0.717, 1.165) is 15.6 Å². The predicted molar refractivity (Wildman–Crippen MR) is 84.7 cm³/mol. The zero-order chi connectivity index (χ0) is 15.6. The molecule has 2 rings (SSSR count). The molecule has 1 heterocycles. The van der Waals surface area contributed by atoms with Gasteiger partial charge in [-0.3, -0.25) is 4.79 Å². The van der Waals surface area contributed by atoms with Gasteiger partial charge in [0.1, 0.15) is 0 Å². The first-order chi connectivity index (χ1) is 9.99. The number of rotatable bonds is 3. The molecule has 5 nitrogen and oxygen atoms in total. The molecule has 0 fully saturated rings. The highest BCUT2D eigenvalue weighted by atomic mass is 79.9. The van der Waals surface area contributed by atoms with Gasteiger partial charge in [-0.15, -0.1) is 11.6 Å². The number of nitrogens with zero attached hydrogens (tertiary/aromatic N) is 1. The fourth-order valence-electron chi connectivity index (χ4n) is 2.40. The summed E-state index contributed by atoms with van der Waals surface area (Å²) in [6.07, 6.45) is 0.293. The number of hydrogen-bond donors (Lipinski definition) is 1. The molecule has 0 unspecified atom stereocenters. The van der Waals surface area contributed by atoms with Crippen molar-refractivity contribution in [1.29, 1.82) is 0 Å². The Balaban J connectivity index is 2.39. The van der Waals surface area contributed by atoms with Crippen molar-refractivity contribution in [2.24, 2.45) is 0 Å². The minimum atomic E-state index is -0.368. The van der Waals surface area contributed by atoms with E-state index in [2.05, 4.69) is 15.9 Å². The summed E-state index contributed by atoms with van der Waals surface area (Å²) in [5.74, 6) is -0.359. The van der Waals surface area contributed by atoms with Crippen molar-refractivity contribution >= 4 is 45.1 Å². The van der Waals surface area contributed by atoms with E-state index in [1.54, 1.807) is 17.9 Å². The Bertz CT molecular complexity index is 592. The van der Waals surface area contributed by atoms with E-state index < -0.39 is 0 Å². The largest absolute Gasteiger partial charge is 0.450 e. The van der Waals surface area contributed by atoms with Crippen molar-refractivity contribution in [3.8, 4) is 0 Å². The number of Topliss-reactive ketones (excluding diaryl/α,β-unsaturated/α-hetero) is 1. The summed E-state index contributed by atoms with van der Waals surface area (Å²) in [4.78, 5) is 25.3. The van der Waals surface area contributed by atoms with Gasteiger partial charge in [-0.05, 0) is 30.5 Å². The van der Waals surface area contributed by atoms with Crippen molar-refractivity contribution in [2.75, 3.05) is 24.8 Å². The number of nitrogens with two attached hydrogens (primary N) is 1. The number of benzene rings is 1. The minimum Gasteiger partial charge on any atom is -0.450 e. The van der Waals surface area contributed by atoms with E-state index in [0.29, 0.717) is 37.4 Å². The van der Waals surface area contributed by atoms with Gasteiger partial charge in [0.15, 0.2) is 5.78 Å². The summed E-state index contributed by atoms with van der Waals surface area (Å²) in [6, 6.07) is 1.71. The molecule has 1 aliphatic heterocycles. The Labute approximate surface area is 136 Å². The van der Waals surface area contributed by atoms with E-state index in [1.165, 1.54) is 0 Å². The maximum atomic E-state index is 11.9. The summed E-state index contributed by atoms with van der Waals surface area (Å²) in [5, 5.41) is 0. The zero-order valence-electron chi connectivity index (χ0n) is 11.6. The molecule has 1 amide bonds. The second-order valence-electron chi connectivity index (χ2n) is 4.70. The van der Waals surface area contributed by atoms with E-state index >= 15 is 0 Å². The summed E-state index contributed by atoms with van der Waals surface area (Å²) in [7, 11) is 0. The van der Waals surface area contributed by atoms with Crippen LogP contribution in [0.5, 0.6) is 0 Å². The molecule has 0 spiro atoms. The lowest BCUT2D eigenvalue weighted by molar-refractivity contribution is 0.102. The molecule has 0 saturated heterocycles. The third kappa shape index (κ3) is 3.16. The number of halogens is 2. The van der Waals surface area contributed by atoms with Gasteiger partial charge >= 0.3 is 6.09 Å². The Morgan fingerprint density at radius 1 is 1.48 bits per heavy atom. The quantitative estimate of drug-likeness (QED) is 0.501. The number of nitrogen functional groups attached to an aromatic ring is 1. The number of ether oxygens (including phenoxy) is 1. The second-order valence-corrected chi connectivity index (χ2v) is 5.83. The summed E-state index contributed by atoms with van der Waals surface area (Å²) < 4.78 is 5.83. The van der Waals surface area contributed by atoms with Crippen LogP contribution in [0.1, 0.15) is 28.4 Å². The number of amides is 1. The third-order valence-electron chi connectivity index (χ3n) is 3.47. The second kappa shape index (κ2) is 6.66. The monoisotopic (exact) mass is 374 g/mol. The smallest absolute Gasteiger partial charge is 0.410 e. The zero-order valence-corrected chi connectivity index (χ0v) is 14.0. The van der Waals surface area contributed by atoms with Gasteiger partial charge in [0.25, 0.3) is 0 Å². The molecule has 7 heteroatoms. The first kappa shape index (κ1) is 16.1. The fourth-order valence-corrected chi connectivity index (χ4v) is 3.21. The van der Waals surface area contributed by atoms with E-state index in [4.69, 9.17) is 22.1 Å². The molecule has 0 aliphatic carbocycles. The lowest BCUT2D eigenvalue weighted by Gasteiger charge is -2.30. The molecule has 0 radical (unpaired) electrons. The topological polar surface area (TPSA) is 72.6 Å². The molecule has 2 N–H and O–H groups in total. The van der Waals surface area contributed by atoms with E-state index in [9.17, 15) is 9.59 Å². The van der Waals surface area contributed by atoms with Crippen molar-refractivity contribution in [3.63, 3.8) is 0 Å². The molecule has 1 aromatic carbocycles. The van der Waals surface area contributed by atoms with Crippen LogP contribution >= 0.6 is 27.5 Å². The molecule has 1 aliphatic rings. The van der Waals surface area contributed by atoms with Gasteiger partial charge < -0.3 is 15.4 Å². The maximum Gasteiger partial charge on any atom is 0.410 e. The van der Waals surface area contributed by atoms with Crippen LogP contribution < -0.4 is 5.73 Å². The van der Waals surface area contributed by atoms with Crippen LogP contribution in [0.2, 0.25) is 0 Å². The first-order valence-electron chi connectivity index (χ1n) is 6.60. The molecule has 1 aromatic rings. The summed E-state index contributed by atoms with van der Waals surface area (Å²) >= 11 is 9.08. The first-order valence-corrected chi connectivity index (χ1v) is 7.92. The highest BCUT2D eigenvalue weighted by Gasteiger charge is 2.27. The van der Waals surface area contributed by atoms with Gasteiger partial charge in [0.2, 0.25) is 0 Å². The number of ketones is 1. The van der Waals surface area contributed by atoms with Crippen LogP contribution in [0, 0.1) is 0 Å². The molecule has 0 bridgehead atoms. The minimum absolute atomic E-state index is 0.128.